The third kappa shape index (κ3) is 2.80. The van der Waals surface area contributed by atoms with E-state index in [0.29, 0.717) is 18.6 Å². The van der Waals surface area contributed by atoms with Crippen LogP contribution in [0.25, 0.3) is 0 Å². The van der Waals surface area contributed by atoms with Crippen LogP contribution in [0.2, 0.25) is 0 Å². The Morgan fingerprint density at radius 3 is 1.79 bits per heavy atom. The molecule has 1 aliphatic carbocycles. The summed E-state index contributed by atoms with van der Waals surface area (Å²) in [5, 5.41) is -5.67. The van der Waals surface area contributed by atoms with Crippen molar-refractivity contribution >= 4 is 9.84 Å². The summed E-state index contributed by atoms with van der Waals surface area (Å²) in [6.45, 7) is 0. The van der Waals surface area contributed by atoms with E-state index in [9.17, 15) is 34.8 Å². The average molecular weight is 374 g/mol. The third-order valence-corrected chi connectivity index (χ3v) is 6.47. The summed E-state index contributed by atoms with van der Waals surface area (Å²) in [6.07, 6.45) is -6.01. The molecule has 1 fully saturated rings. The van der Waals surface area contributed by atoms with Gasteiger partial charge in [0.05, 0.1) is 4.90 Å². The fourth-order valence-electron chi connectivity index (χ4n) is 3.01. The van der Waals surface area contributed by atoms with E-state index in [1.165, 1.54) is 6.07 Å². The first-order valence-corrected chi connectivity index (χ1v) is 8.87. The van der Waals surface area contributed by atoms with Crippen molar-refractivity contribution in [3.63, 3.8) is 0 Å². The predicted octanol–water partition coefficient (Wildman–Crippen LogP) is 4.90. The summed E-state index contributed by atoms with van der Waals surface area (Å²) in [5.74, 6) is -7.06. The van der Waals surface area contributed by atoms with Gasteiger partial charge in [0.2, 0.25) is 9.84 Å². The van der Waals surface area contributed by atoms with Crippen LogP contribution in [0, 0.1) is 5.92 Å². The summed E-state index contributed by atoms with van der Waals surface area (Å²) < 4.78 is 108. The number of alkyl halides is 6. The molecule has 1 unspecified atom stereocenters. The highest BCUT2D eigenvalue weighted by Crippen LogP contribution is 2.56. The fraction of sp³-hybridized carbons (Fsp3) is 0.600. The van der Waals surface area contributed by atoms with Gasteiger partial charge in [-0.3, -0.25) is 0 Å². The van der Waals surface area contributed by atoms with Crippen LogP contribution in [0.1, 0.15) is 32.1 Å². The molecule has 0 amide bonds. The summed E-state index contributed by atoms with van der Waals surface area (Å²) in [5.41, 5.74) is 0. The lowest BCUT2D eigenvalue weighted by atomic mass is 9.82. The van der Waals surface area contributed by atoms with Crippen LogP contribution in [-0.2, 0) is 9.84 Å². The van der Waals surface area contributed by atoms with Crippen molar-refractivity contribution in [1.82, 2.24) is 0 Å². The Balaban J connectivity index is 2.63. The Labute approximate surface area is 135 Å². The molecule has 0 heterocycles. The fourth-order valence-corrected chi connectivity index (χ4v) is 4.68. The predicted molar refractivity (Wildman–Crippen MR) is 75.0 cm³/mol. The Morgan fingerprint density at radius 1 is 0.833 bits per heavy atom. The van der Waals surface area contributed by atoms with Gasteiger partial charge in [-0.05, 0) is 25.0 Å². The number of hydrogen-bond acceptors (Lipinski definition) is 2. The van der Waals surface area contributed by atoms with Gasteiger partial charge in [0.25, 0.3) is 0 Å². The average Bonchev–Trinajstić information content (AvgIpc) is 2.54. The number of sulfone groups is 1. The topological polar surface area (TPSA) is 34.1 Å². The first kappa shape index (κ1) is 19.1. The first-order chi connectivity index (χ1) is 11.0. The molecule has 136 valence electrons. The minimum absolute atomic E-state index is 0.208. The van der Waals surface area contributed by atoms with Crippen LogP contribution in [0.15, 0.2) is 35.2 Å². The Bertz CT molecular complexity index is 665. The normalized spacial score (nSPS) is 20.6. The molecule has 1 aliphatic rings. The molecule has 1 aromatic rings. The second-order valence-corrected chi connectivity index (χ2v) is 7.91. The van der Waals surface area contributed by atoms with Gasteiger partial charge in [-0.25, -0.2) is 21.6 Å². The van der Waals surface area contributed by atoms with Gasteiger partial charge >= 0.3 is 17.1 Å². The van der Waals surface area contributed by atoms with Crippen LogP contribution in [0.3, 0.4) is 0 Å². The largest absolute Gasteiger partial charge is 0.443 e. The monoisotopic (exact) mass is 374 g/mol. The highest BCUT2D eigenvalue weighted by Gasteiger charge is 2.80. The molecule has 2 nitrogen and oxygen atoms in total. The smallest absolute Gasteiger partial charge is 0.220 e. The van der Waals surface area contributed by atoms with Gasteiger partial charge in [-0.2, -0.15) is 13.2 Å². The highest BCUT2D eigenvalue weighted by molar-refractivity contribution is 7.92. The maximum absolute atomic E-state index is 14.9. The lowest BCUT2D eigenvalue weighted by Crippen LogP contribution is -2.63. The number of hydrogen-bond donors (Lipinski definition) is 0. The van der Waals surface area contributed by atoms with Crippen molar-refractivity contribution in [2.45, 2.75) is 54.1 Å². The van der Waals surface area contributed by atoms with Gasteiger partial charge in [0, 0.05) is 5.92 Å². The molecule has 2 rings (SSSR count). The quantitative estimate of drug-likeness (QED) is 0.702. The van der Waals surface area contributed by atoms with Gasteiger partial charge in [0.1, 0.15) is 0 Å². The van der Waals surface area contributed by atoms with Crippen molar-refractivity contribution in [3.8, 4) is 0 Å². The second-order valence-electron chi connectivity index (χ2n) is 5.87. The maximum Gasteiger partial charge on any atom is 0.443 e. The molecule has 24 heavy (non-hydrogen) atoms. The molecule has 0 radical (unpaired) electrons. The Morgan fingerprint density at radius 2 is 1.33 bits per heavy atom. The number of rotatable bonds is 4. The molecule has 1 atom stereocenters. The lowest BCUT2D eigenvalue weighted by Gasteiger charge is -2.39. The van der Waals surface area contributed by atoms with Crippen molar-refractivity contribution in [2.75, 3.05) is 0 Å². The van der Waals surface area contributed by atoms with Gasteiger partial charge < -0.3 is 0 Å². The zero-order valence-corrected chi connectivity index (χ0v) is 13.3. The first-order valence-electron chi connectivity index (χ1n) is 7.39. The second kappa shape index (κ2) is 6.24. The summed E-state index contributed by atoms with van der Waals surface area (Å²) >= 11 is 0. The van der Waals surface area contributed by atoms with Crippen molar-refractivity contribution in [2.24, 2.45) is 5.92 Å². The number of halogens is 6. The van der Waals surface area contributed by atoms with Gasteiger partial charge in [-0.1, -0.05) is 37.5 Å². The van der Waals surface area contributed by atoms with Crippen molar-refractivity contribution in [1.29, 1.82) is 0 Å². The van der Waals surface area contributed by atoms with Crippen LogP contribution >= 0.6 is 0 Å². The third-order valence-electron chi connectivity index (χ3n) is 4.34. The highest BCUT2D eigenvalue weighted by atomic mass is 32.2. The molecule has 1 saturated carbocycles. The molecule has 1 aromatic carbocycles. The Hall–Kier alpha value is -1.25. The van der Waals surface area contributed by atoms with Gasteiger partial charge in [0.15, 0.2) is 0 Å². The van der Waals surface area contributed by atoms with Crippen LogP contribution in [-0.4, -0.2) is 25.5 Å². The van der Waals surface area contributed by atoms with E-state index >= 15 is 0 Å². The molecule has 0 saturated heterocycles. The minimum atomic E-state index is -6.28. The molecular weight excluding hydrogens is 358 g/mol. The molecule has 0 aliphatic heterocycles. The maximum atomic E-state index is 14.9. The van der Waals surface area contributed by atoms with Crippen LogP contribution in [0.4, 0.5) is 26.3 Å². The van der Waals surface area contributed by atoms with Gasteiger partial charge in [-0.15, -0.1) is 0 Å². The molecular formula is C15H16F6O2S. The molecule has 0 bridgehead atoms. The summed E-state index contributed by atoms with van der Waals surface area (Å²) in [6, 6.07) is 4.72. The van der Waals surface area contributed by atoms with E-state index in [2.05, 4.69) is 0 Å². The zero-order valence-electron chi connectivity index (χ0n) is 12.5. The van der Waals surface area contributed by atoms with Crippen molar-refractivity contribution in [3.05, 3.63) is 30.3 Å². The molecule has 9 heteroatoms. The van der Waals surface area contributed by atoms with E-state index in [1.807, 2.05) is 0 Å². The van der Waals surface area contributed by atoms with E-state index in [0.717, 1.165) is 12.1 Å². The Kier molecular flexibility index (Phi) is 4.96. The SMILES string of the molecule is O=S(=O)(c1ccccc1)C(F)(C(F)(F)F)C(F)(F)C1CCCCC1. The number of benzene rings is 1. The summed E-state index contributed by atoms with van der Waals surface area (Å²) in [4.78, 5) is -1.12. The van der Waals surface area contributed by atoms with E-state index in [1.54, 1.807) is 0 Å². The standard InChI is InChI=1S/C15H16F6O2S/c16-13(17,11-7-3-1-4-8-11)14(18,15(19,20)21)24(22,23)12-9-5-2-6-10-12/h2,5-6,9-11H,1,3-4,7-8H2. The van der Waals surface area contributed by atoms with Crippen molar-refractivity contribution < 1.29 is 34.8 Å². The minimum Gasteiger partial charge on any atom is -0.220 e. The van der Waals surface area contributed by atoms with Crippen LogP contribution < -0.4 is 0 Å². The van der Waals surface area contributed by atoms with E-state index < -0.39 is 37.8 Å². The summed E-state index contributed by atoms with van der Waals surface area (Å²) in [7, 11) is -6.01. The molecule has 0 spiro atoms. The molecule has 0 aromatic heterocycles. The van der Waals surface area contributed by atoms with E-state index in [4.69, 9.17) is 0 Å². The lowest BCUT2D eigenvalue weighted by molar-refractivity contribution is -0.280. The van der Waals surface area contributed by atoms with Crippen LogP contribution in [0.5, 0.6) is 0 Å². The zero-order chi connectivity index (χ0) is 18.2. The van der Waals surface area contributed by atoms with E-state index in [-0.39, 0.29) is 25.7 Å². The molecule has 0 N–H and O–H groups in total.